The average Bonchev–Trinajstić information content (AvgIpc) is 2.94. The van der Waals surface area contributed by atoms with Crippen molar-refractivity contribution in [2.24, 2.45) is 11.3 Å². The van der Waals surface area contributed by atoms with E-state index in [0.29, 0.717) is 29.6 Å². The van der Waals surface area contributed by atoms with Crippen molar-refractivity contribution >= 4 is 34.8 Å². The van der Waals surface area contributed by atoms with Crippen LogP contribution in [0.1, 0.15) is 71.7 Å². The maximum atomic E-state index is 14.5. The highest BCUT2D eigenvalue weighted by Crippen LogP contribution is 2.36. The number of carbonyl (C=O) groups excluding carboxylic acids is 2. The van der Waals surface area contributed by atoms with E-state index in [1.807, 2.05) is 6.07 Å². The molecule has 2 aromatic rings. The Hall–Kier alpha value is -3.55. The van der Waals surface area contributed by atoms with E-state index in [9.17, 15) is 37.8 Å². The molecule has 3 rings (SSSR count). The van der Waals surface area contributed by atoms with Crippen molar-refractivity contribution in [3.05, 3.63) is 47.7 Å². The minimum atomic E-state index is -4.73. The van der Waals surface area contributed by atoms with Crippen LogP contribution >= 0.6 is 0 Å². The molecule has 2 amide bonds. The molecule has 1 fully saturated rings. The number of hydrogen-bond acceptors (Lipinski definition) is 7. The Morgan fingerprint density at radius 3 is 2.36 bits per heavy atom. The van der Waals surface area contributed by atoms with E-state index in [0.717, 1.165) is 10.4 Å². The van der Waals surface area contributed by atoms with Crippen LogP contribution in [0.15, 0.2) is 36.4 Å². The van der Waals surface area contributed by atoms with Crippen LogP contribution in [-0.4, -0.2) is 74.9 Å². The summed E-state index contributed by atoms with van der Waals surface area (Å²) in [6.07, 6.45) is -1.72. The highest BCUT2D eigenvalue weighted by Gasteiger charge is 2.49. The van der Waals surface area contributed by atoms with Crippen LogP contribution in [0.2, 0.25) is 0 Å². The van der Waals surface area contributed by atoms with E-state index < -0.39 is 65.6 Å². The number of nitrogens with zero attached hydrogens (tertiary/aromatic N) is 2. The summed E-state index contributed by atoms with van der Waals surface area (Å²) < 4.78 is 43.5. The number of carboxylic acid groups (broad SMARTS) is 1. The number of alkyl halides is 3. The first-order chi connectivity index (χ1) is 20.4. The topological polar surface area (TPSA) is 144 Å². The first-order valence-corrected chi connectivity index (χ1v) is 14.6. The SMILES string of the molecule is CC(C)[C@H](N[C@H](C(F)(F)F)C(C)(C)/C=C/c1ccc2ccc([C@@H](C)O)nc2c1)C(=O)N[C@@H](C)C(=O)N1CCC[C@@H](C(=O)O)N1. The predicted octanol–water partition coefficient (Wildman–Crippen LogP) is 3.96. The monoisotopic (exact) mass is 621 g/mol. The zero-order valence-corrected chi connectivity index (χ0v) is 25.8. The van der Waals surface area contributed by atoms with E-state index in [2.05, 4.69) is 21.0 Å². The fourth-order valence-corrected chi connectivity index (χ4v) is 5.10. The van der Waals surface area contributed by atoms with E-state index in [1.165, 1.54) is 26.8 Å². The smallest absolute Gasteiger partial charge is 0.404 e. The first-order valence-electron chi connectivity index (χ1n) is 14.6. The number of hydrogen-bond donors (Lipinski definition) is 5. The van der Waals surface area contributed by atoms with Crippen molar-refractivity contribution in [3.8, 4) is 0 Å². The van der Waals surface area contributed by atoms with Crippen molar-refractivity contribution in [1.29, 1.82) is 0 Å². The molecule has 13 heteroatoms. The van der Waals surface area contributed by atoms with Gasteiger partial charge >= 0.3 is 12.1 Å². The van der Waals surface area contributed by atoms with Crippen molar-refractivity contribution in [2.75, 3.05) is 6.54 Å². The number of aromatic nitrogens is 1. The van der Waals surface area contributed by atoms with Gasteiger partial charge in [-0.1, -0.05) is 58.0 Å². The fourth-order valence-electron chi connectivity index (χ4n) is 5.10. The third-order valence-electron chi connectivity index (χ3n) is 7.72. The second kappa shape index (κ2) is 14.0. The average molecular weight is 622 g/mol. The summed E-state index contributed by atoms with van der Waals surface area (Å²) in [6.45, 7) is 9.28. The minimum absolute atomic E-state index is 0.236. The number of hydrazine groups is 1. The maximum Gasteiger partial charge on any atom is 0.404 e. The van der Waals surface area contributed by atoms with Crippen LogP contribution in [0.4, 0.5) is 13.2 Å². The summed E-state index contributed by atoms with van der Waals surface area (Å²) >= 11 is 0. The van der Waals surface area contributed by atoms with E-state index >= 15 is 0 Å². The lowest BCUT2D eigenvalue weighted by Crippen LogP contribution is -2.63. The number of carboxylic acids is 1. The van der Waals surface area contributed by atoms with Crippen LogP contribution in [-0.2, 0) is 14.4 Å². The van der Waals surface area contributed by atoms with Gasteiger partial charge in [0.2, 0.25) is 5.91 Å². The van der Waals surface area contributed by atoms with Crippen LogP contribution in [0.25, 0.3) is 17.0 Å². The zero-order valence-electron chi connectivity index (χ0n) is 25.8. The van der Waals surface area contributed by atoms with E-state index in [-0.39, 0.29) is 6.54 Å². The highest BCUT2D eigenvalue weighted by molar-refractivity contribution is 5.90. The molecular weight excluding hydrogens is 579 g/mol. The summed E-state index contributed by atoms with van der Waals surface area (Å²) in [6, 6.07) is 3.31. The van der Waals surface area contributed by atoms with Gasteiger partial charge in [0.25, 0.3) is 5.91 Å². The number of aliphatic hydroxyl groups is 1. The van der Waals surface area contributed by atoms with Crippen molar-refractivity contribution in [2.45, 2.75) is 90.8 Å². The first kappa shape index (κ1) is 34.9. The highest BCUT2D eigenvalue weighted by atomic mass is 19.4. The maximum absolute atomic E-state index is 14.5. The van der Waals surface area contributed by atoms with E-state index in [4.69, 9.17) is 0 Å². The molecule has 0 unspecified atom stereocenters. The van der Waals surface area contributed by atoms with Crippen LogP contribution in [0, 0.1) is 11.3 Å². The Bertz CT molecular complexity index is 1380. The molecule has 0 aliphatic carbocycles. The molecule has 5 N–H and O–H groups in total. The van der Waals surface area contributed by atoms with Gasteiger partial charge in [-0.05, 0) is 50.3 Å². The molecule has 10 nitrogen and oxygen atoms in total. The molecule has 0 bridgehead atoms. The van der Waals surface area contributed by atoms with Gasteiger partial charge in [-0.2, -0.15) is 13.2 Å². The van der Waals surface area contributed by atoms with Gasteiger partial charge in [-0.3, -0.25) is 29.7 Å². The van der Waals surface area contributed by atoms with Crippen molar-refractivity contribution in [3.63, 3.8) is 0 Å². The number of benzene rings is 1. The number of rotatable bonds is 11. The summed E-state index contributed by atoms with van der Waals surface area (Å²) in [5.74, 6) is -3.05. The standard InChI is InChI=1S/C31H42F3N5O5/c1-17(2)25(26(41)35-18(3)27(42)39-15-7-8-23(38-39)28(43)44)37-29(31(32,33)34)30(5,6)14-13-20-9-10-21-11-12-22(19(4)40)36-24(21)16-20/h9-14,16-19,23,25,29,37-38,40H,7-8,15H2,1-6H3,(H,35,41)(H,43,44)/b14-13+/t18-,19+,23-,25-,29-/m0/s1. The summed E-state index contributed by atoms with van der Waals surface area (Å²) in [7, 11) is 0. The lowest BCUT2D eigenvalue weighted by Gasteiger charge is -2.38. The molecule has 0 saturated carbocycles. The summed E-state index contributed by atoms with van der Waals surface area (Å²) in [5, 5.41) is 26.1. The predicted molar refractivity (Wildman–Crippen MR) is 160 cm³/mol. The molecule has 1 aromatic heterocycles. The number of pyridine rings is 1. The fraction of sp³-hybridized carbons (Fsp3) is 0.548. The van der Waals surface area contributed by atoms with Gasteiger partial charge < -0.3 is 15.5 Å². The third-order valence-corrected chi connectivity index (χ3v) is 7.72. The van der Waals surface area contributed by atoms with Gasteiger partial charge in [0.1, 0.15) is 18.1 Å². The molecule has 242 valence electrons. The minimum Gasteiger partial charge on any atom is -0.480 e. The van der Waals surface area contributed by atoms with Gasteiger partial charge in [0, 0.05) is 17.3 Å². The number of fused-ring (bicyclic) bond motifs is 1. The molecule has 1 saturated heterocycles. The van der Waals surface area contributed by atoms with Gasteiger partial charge in [-0.15, -0.1) is 0 Å². The Kier molecular flexibility index (Phi) is 11.1. The van der Waals surface area contributed by atoms with Crippen molar-refractivity contribution in [1.82, 2.24) is 26.1 Å². The Morgan fingerprint density at radius 2 is 1.77 bits per heavy atom. The third kappa shape index (κ3) is 8.76. The number of carbonyl (C=O) groups is 3. The molecule has 0 radical (unpaired) electrons. The van der Waals surface area contributed by atoms with Gasteiger partial charge in [-0.25, -0.2) is 5.43 Å². The molecule has 1 aliphatic rings. The van der Waals surface area contributed by atoms with Crippen LogP contribution in [0.3, 0.4) is 0 Å². The molecular formula is C31H42F3N5O5. The summed E-state index contributed by atoms with van der Waals surface area (Å²) in [5.41, 5.74) is 2.79. The molecule has 0 spiro atoms. The number of amides is 2. The normalized spacial score (nSPS) is 19.2. The van der Waals surface area contributed by atoms with Gasteiger partial charge in [0.05, 0.1) is 23.4 Å². The second-order valence-corrected chi connectivity index (χ2v) is 12.3. The van der Waals surface area contributed by atoms with Gasteiger partial charge in [0.15, 0.2) is 0 Å². The second-order valence-electron chi connectivity index (χ2n) is 12.3. The largest absolute Gasteiger partial charge is 0.480 e. The lowest BCUT2D eigenvalue weighted by atomic mass is 9.82. The quantitative estimate of drug-likeness (QED) is 0.254. The number of halogens is 3. The Labute approximate surface area is 255 Å². The Morgan fingerprint density at radius 1 is 1.11 bits per heavy atom. The van der Waals surface area contributed by atoms with Crippen LogP contribution < -0.4 is 16.1 Å². The lowest BCUT2D eigenvalue weighted by molar-refractivity contribution is -0.177. The Balaban J connectivity index is 1.78. The van der Waals surface area contributed by atoms with Crippen LogP contribution in [0.5, 0.6) is 0 Å². The molecule has 1 aromatic carbocycles. The molecule has 44 heavy (non-hydrogen) atoms. The number of aliphatic carboxylic acids is 1. The number of aliphatic hydroxyl groups excluding tert-OH is 1. The molecule has 5 atom stereocenters. The molecule has 1 aliphatic heterocycles. The molecule has 2 heterocycles. The van der Waals surface area contributed by atoms with E-state index in [1.54, 1.807) is 51.1 Å². The zero-order chi connectivity index (χ0) is 33.0. The van der Waals surface area contributed by atoms with Crippen molar-refractivity contribution < 1.29 is 37.8 Å². The summed E-state index contributed by atoms with van der Waals surface area (Å²) in [4.78, 5) is 41.9. The number of nitrogens with one attached hydrogen (secondary N) is 3.